The van der Waals surface area contributed by atoms with Gasteiger partial charge in [0.15, 0.2) is 5.84 Å². The summed E-state index contributed by atoms with van der Waals surface area (Å²) in [5.41, 5.74) is 6.63. The number of nitrogens with zero attached hydrogens (tertiary/aromatic N) is 1. The van der Waals surface area contributed by atoms with E-state index in [2.05, 4.69) is 5.16 Å². The number of halogens is 2. The summed E-state index contributed by atoms with van der Waals surface area (Å²) in [6.45, 7) is 0.295. The van der Waals surface area contributed by atoms with Gasteiger partial charge in [-0.3, -0.25) is 0 Å². The molecule has 2 N–H and O–H groups in total. The van der Waals surface area contributed by atoms with E-state index in [0.717, 1.165) is 10.4 Å². The number of hydrogen-bond acceptors (Lipinski definition) is 3. The molecule has 2 rings (SSSR count). The van der Waals surface area contributed by atoms with Crippen LogP contribution in [0.4, 0.5) is 0 Å². The van der Waals surface area contributed by atoms with Crippen LogP contribution in [0.1, 0.15) is 10.4 Å². The van der Waals surface area contributed by atoms with E-state index in [1.807, 2.05) is 23.6 Å². The molecule has 0 aliphatic rings. The van der Waals surface area contributed by atoms with Gasteiger partial charge in [-0.05, 0) is 29.1 Å². The molecule has 0 radical (unpaired) electrons. The molecule has 94 valence electrons. The van der Waals surface area contributed by atoms with Crippen LogP contribution in [-0.2, 0) is 11.4 Å². The Kier molecular flexibility index (Phi) is 4.47. The van der Waals surface area contributed by atoms with E-state index in [9.17, 15) is 0 Å². The normalized spacial score (nSPS) is 11.6. The van der Waals surface area contributed by atoms with Crippen molar-refractivity contribution in [2.24, 2.45) is 10.9 Å². The minimum atomic E-state index is 0.295. The molecule has 3 nitrogen and oxygen atoms in total. The van der Waals surface area contributed by atoms with Crippen molar-refractivity contribution in [2.75, 3.05) is 0 Å². The Hall–Kier alpha value is -1.23. The number of benzene rings is 1. The summed E-state index contributed by atoms with van der Waals surface area (Å²) < 4.78 is 0. The van der Waals surface area contributed by atoms with Crippen LogP contribution < -0.4 is 5.73 Å². The number of hydrogen-bond donors (Lipinski definition) is 1. The van der Waals surface area contributed by atoms with Crippen LogP contribution in [-0.4, -0.2) is 5.84 Å². The van der Waals surface area contributed by atoms with Gasteiger partial charge in [-0.2, -0.15) is 0 Å². The topological polar surface area (TPSA) is 47.6 Å². The highest BCUT2D eigenvalue weighted by Crippen LogP contribution is 2.22. The number of amidine groups is 1. The van der Waals surface area contributed by atoms with E-state index in [1.165, 1.54) is 11.3 Å². The summed E-state index contributed by atoms with van der Waals surface area (Å²) in [4.78, 5) is 6.05. The number of rotatable bonds is 4. The van der Waals surface area contributed by atoms with Crippen molar-refractivity contribution >= 4 is 40.4 Å². The highest BCUT2D eigenvalue weighted by Gasteiger charge is 2.01. The van der Waals surface area contributed by atoms with Gasteiger partial charge in [0, 0.05) is 0 Å². The summed E-state index contributed by atoms with van der Waals surface area (Å²) in [5, 5.41) is 6.78. The second-order valence-electron chi connectivity index (χ2n) is 3.48. The predicted molar refractivity (Wildman–Crippen MR) is 76.3 cm³/mol. The largest absolute Gasteiger partial charge is 0.389 e. The Balaban J connectivity index is 1.96. The van der Waals surface area contributed by atoms with E-state index in [1.54, 1.807) is 12.1 Å². The molecule has 0 unspecified atom stereocenters. The fourth-order valence-electron chi connectivity index (χ4n) is 1.28. The van der Waals surface area contributed by atoms with Gasteiger partial charge in [-0.15, -0.1) is 11.3 Å². The van der Waals surface area contributed by atoms with Gasteiger partial charge in [-0.25, -0.2) is 0 Å². The number of oxime groups is 1. The SMILES string of the molecule is N/C(=N/OCc1ccc(Cl)c(Cl)c1)c1cccs1. The molecule has 0 amide bonds. The molecule has 1 aromatic carbocycles. The molecule has 0 saturated heterocycles. The molecule has 6 heteroatoms. The molecule has 0 atom stereocenters. The predicted octanol–water partition coefficient (Wildman–Crippen LogP) is 3.89. The maximum absolute atomic E-state index is 5.89. The smallest absolute Gasteiger partial charge is 0.180 e. The van der Waals surface area contributed by atoms with Crippen molar-refractivity contribution in [3.8, 4) is 0 Å². The first-order valence-electron chi connectivity index (χ1n) is 5.10. The molecule has 0 fully saturated rings. The Morgan fingerprint density at radius 1 is 1.28 bits per heavy atom. The summed E-state index contributed by atoms with van der Waals surface area (Å²) in [6.07, 6.45) is 0. The van der Waals surface area contributed by atoms with E-state index < -0.39 is 0 Å². The lowest BCUT2D eigenvalue weighted by Crippen LogP contribution is -2.11. The summed E-state index contributed by atoms with van der Waals surface area (Å²) in [6, 6.07) is 9.06. The molecular formula is C12H10Cl2N2OS. The van der Waals surface area contributed by atoms with E-state index in [0.29, 0.717) is 22.5 Å². The van der Waals surface area contributed by atoms with Crippen molar-refractivity contribution < 1.29 is 4.84 Å². The number of nitrogens with two attached hydrogens (primary N) is 1. The van der Waals surface area contributed by atoms with Crippen molar-refractivity contribution in [3.05, 3.63) is 56.2 Å². The van der Waals surface area contributed by atoms with Crippen molar-refractivity contribution in [3.63, 3.8) is 0 Å². The van der Waals surface area contributed by atoms with Crippen molar-refractivity contribution in [2.45, 2.75) is 6.61 Å². The van der Waals surface area contributed by atoms with Gasteiger partial charge in [-0.1, -0.05) is 40.5 Å². The highest BCUT2D eigenvalue weighted by atomic mass is 35.5. The monoisotopic (exact) mass is 300 g/mol. The molecule has 18 heavy (non-hydrogen) atoms. The van der Waals surface area contributed by atoms with Crippen LogP contribution in [0.5, 0.6) is 0 Å². The molecule has 1 heterocycles. The van der Waals surface area contributed by atoms with Crippen LogP contribution in [0.3, 0.4) is 0 Å². The maximum Gasteiger partial charge on any atom is 0.180 e. The maximum atomic E-state index is 5.89. The third-order valence-corrected chi connectivity index (χ3v) is 3.78. The van der Waals surface area contributed by atoms with Crippen LogP contribution in [0.25, 0.3) is 0 Å². The minimum absolute atomic E-state index is 0.295. The average molecular weight is 301 g/mol. The summed E-state index contributed by atoms with van der Waals surface area (Å²) >= 11 is 13.2. The van der Waals surface area contributed by atoms with Crippen LogP contribution in [0, 0.1) is 0 Å². The van der Waals surface area contributed by atoms with Gasteiger partial charge < -0.3 is 10.6 Å². The Bertz CT molecular complexity index is 555. The third-order valence-electron chi connectivity index (χ3n) is 2.15. The minimum Gasteiger partial charge on any atom is -0.389 e. The van der Waals surface area contributed by atoms with E-state index >= 15 is 0 Å². The zero-order valence-electron chi connectivity index (χ0n) is 9.27. The first-order valence-corrected chi connectivity index (χ1v) is 6.73. The second-order valence-corrected chi connectivity index (χ2v) is 5.24. The second kappa shape index (κ2) is 6.09. The zero-order chi connectivity index (χ0) is 13.0. The number of thiophene rings is 1. The third kappa shape index (κ3) is 3.38. The Morgan fingerprint density at radius 2 is 2.11 bits per heavy atom. The highest BCUT2D eigenvalue weighted by molar-refractivity contribution is 7.12. The van der Waals surface area contributed by atoms with Crippen LogP contribution >= 0.6 is 34.5 Å². The van der Waals surface area contributed by atoms with Gasteiger partial charge in [0.25, 0.3) is 0 Å². The molecule has 1 aromatic heterocycles. The molecule has 0 aliphatic carbocycles. The van der Waals surface area contributed by atoms with Gasteiger partial charge in [0.05, 0.1) is 14.9 Å². The molecule has 2 aromatic rings. The molecular weight excluding hydrogens is 291 g/mol. The van der Waals surface area contributed by atoms with Crippen LogP contribution in [0.15, 0.2) is 40.9 Å². The van der Waals surface area contributed by atoms with E-state index in [4.69, 9.17) is 33.8 Å². The average Bonchev–Trinajstić information content (AvgIpc) is 2.87. The first kappa shape index (κ1) is 13.2. The van der Waals surface area contributed by atoms with Crippen molar-refractivity contribution in [1.29, 1.82) is 0 Å². The van der Waals surface area contributed by atoms with Gasteiger partial charge >= 0.3 is 0 Å². The first-order chi connectivity index (χ1) is 8.66. The van der Waals surface area contributed by atoms with E-state index in [-0.39, 0.29) is 0 Å². The zero-order valence-corrected chi connectivity index (χ0v) is 11.6. The quantitative estimate of drug-likeness (QED) is 0.529. The Labute approximate surface area is 119 Å². The Morgan fingerprint density at radius 3 is 2.78 bits per heavy atom. The molecule has 0 saturated carbocycles. The molecule has 0 aliphatic heterocycles. The van der Waals surface area contributed by atoms with Crippen molar-refractivity contribution in [1.82, 2.24) is 0 Å². The summed E-state index contributed by atoms with van der Waals surface area (Å²) in [5.74, 6) is 0.366. The van der Waals surface area contributed by atoms with Gasteiger partial charge in [0.1, 0.15) is 6.61 Å². The van der Waals surface area contributed by atoms with Gasteiger partial charge in [0.2, 0.25) is 0 Å². The lowest BCUT2D eigenvalue weighted by molar-refractivity contribution is 0.130. The van der Waals surface area contributed by atoms with Crippen LogP contribution in [0.2, 0.25) is 10.0 Å². The standard InChI is InChI=1S/C12H10Cl2N2OS/c13-9-4-3-8(6-10(9)14)7-17-16-12(15)11-2-1-5-18-11/h1-6H,7H2,(H2,15,16). The molecule has 0 spiro atoms. The lowest BCUT2D eigenvalue weighted by Gasteiger charge is -2.02. The lowest BCUT2D eigenvalue weighted by atomic mass is 10.2. The fourth-order valence-corrected chi connectivity index (χ4v) is 2.21. The fraction of sp³-hybridized carbons (Fsp3) is 0.0833. The molecule has 0 bridgehead atoms. The summed E-state index contributed by atoms with van der Waals surface area (Å²) in [7, 11) is 0.